The van der Waals surface area contributed by atoms with Crippen LogP contribution in [-0.4, -0.2) is 30.4 Å². The van der Waals surface area contributed by atoms with Gasteiger partial charge in [-0.2, -0.15) is 0 Å². The van der Waals surface area contributed by atoms with Crippen LogP contribution < -0.4 is 10.6 Å². The quantitative estimate of drug-likeness (QED) is 0.786. The summed E-state index contributed by atoms with van der Waals surface area (Å²) in [5.74, 6) is 0. The fourth-order valence-corrected chi connectivity index (χ4v) is 2.18. The normalized spacial score (nSPS) is 12.9. The summed E-state index contributed by atoms with van der Waals surface area (Å²) in [6.45, 7) is 6.37. The molecule has 118 valence electrons. The first-order valence-electron chi connectivity index (χ1n) is 6.41. The molecule has 21 heavy (non-hydrogen) atoms. The number of aliphatic hydroxyl groups is 1. The molecule has 1 unspecified atom stereocenters. The van der Waals surface area contributed by atoms with Gasteiger partial charge in [-0.05, 0) is 38.5 Å². The number of amides is 1. The fourth-order valence-electron chi connectivity index (χ4n) is 1.58. The highest BCUT2D eigenvalue weighted by molar-refractivity contribution is 6.39. The summed E-state index contributed by atoms with van der Waals surface area (Å²) in [7, 11) is 1.24. The zero-order valence-electron chi connectivity index (χ0n) is 12.5. The minimum atomic E-state index is -0.758. The van der Waals surface area contributed by atoms with E-state index in [1.54, 1.807) is 12.1 Å². The number of hydrogen-bond donors (Lipinski definition) is 3. The van der Waals surface area contributed by atoms with Gasteiger partial charge < -0.3 is 15.2 Å². The van der Waals surface area contributed by atoms with E-state index in [0.29, 0.717) is 12.1 Å². The number of carbonyl (C=O) groups excluding carboxylic acids is 1. The third-order valence-electron chi connectivity index (χ3n) is 2.69. The molecule has 1 aromatic rings. The Morgan fingerprint density at radius 1 is 1.33 bits per heavy atom. The molecule has 0 aliphatic carbocycles. The molecule has 0 aliphatic heterocycles. The third-order valence-corrected chi connectivity index (χ3v) is 3.28. The van der Waals surface area contributed by atoms with Crippen molar-refractivity contribution >= 4 is 35.0 Å². The zero-order chi connectivity index (χ0) is 16.2. The number of methoxy groups -OCH3 is 1. The Hall–Kier alpha value is -1.01. The Morgan fingerprint density at radius 3 is 2.29 bits per heavy atom. The number of hydrogen-bond acceptors (Lipinski definition) is 4. The Bertz CT molecular complexity index is 492. The molecule has 0 saturated heterocycles. The van der Waals surface area contributed by atoms with Gasteiger partial charge in [0, 0.05) is 12.1 Å². The SMILES string of the molecule is COC(=O)Nc1c(Cl)cc(C(O)CNC(C)(C)C)cc1Cl. The van der Waals surface area contributed by atoms with Gasteiger partial charge >= 0.3 is 6.09 Å². The zero-order valence-corrected chi connectivity index (χ0v) is 14.0. The number of β-amino-alcohol motifs (C(OH)–C–C–N with tert-alkyl or cyclic N) is 1. The van der Waals surface area contributed by atoms with Gasteiger partial charge in [0.1, 0.15) is 0 Å². The molecule has 1 aromatic carbocycles. The van der Waals surface area contributed by atoms with Gasteiger partial charge in [0.05, 0.1) is 28.9 Å². The summed E-state index contributed by atoms with van der Waals surface area (Å²) in [5, 5.41) is 16.2. The van der Waals surface area contributed by atoms with E-state index >= 15 is 0 Å². The number of rotatable bonds is 4. The lowest BCUT2D eigenvalue weighted by atomic mass is 10.1. The highest BCUT2D eigenvalue weighted by atomic mass is 35.5. The van der Waals surface area contributed by atoms with Crippen LogP contribution in [0.4, 0.5) is 10.5 Å². The molecule has 0 spiro atoms. The average molecular weight is 335 g/mol. The lowest BCUT2D eigenvalue weighted by molar-refractivity contribution is 0.163. The summed E-state index contributed by atoms with van der Waals surface area (Å²) in [5.41, 5.74) is 0.711. The van der Waals surface area contributed by atoms with Crippen LogP contribution in [0.2, 0.25) is 10.0 Å². The van der Waals surface area contributed by atoms with Crippen LogP contribution in [0, 0.1) is 0 Å². The second-order valence-corrected chi connectivity index (χ2v) is 6.44. The Labute approximate surface area is 134 Å². The van der Waals surface area contributed by atoms with Crippen LogP contribution >= 0.6 is 23.2 Å². The van der Waals surface area contributed by atoms with Gasteiger partial charge in [-0.25, -0.2) is 4.79 Å². The minimum Gasteiger partial charge on any atom is -0.453 e. The molecule has 0 radical (unpaired) electrons. The van der Waals surface area contributed by atoms with E-state index in [4.69, 9.17) is 23.2 Å². The maximum Gasteiger partial charge on any atom is 0.411 e. The first-order chi connectivity index (χ1) is 9.64. The first-order valence-corrected chi connectivity index (χ1v) is 7.16. The molecule has 3 N–H and O–H groups in total. The number of benzene rings is 1. The molecule has 0 aromatic heterocycles. The number of halogens is 2. The van der Waals surface area contributed by atoms with Crippen molar-refractivity contribution in [1.82, 2.24) is 5.32 Å². The van der Waals surface area contributed by atoms with Crippen molar-refractivity contribution in [2.75, 3.05) is 19.0 Å². The molecule has 0 aliphatic rings. The van der Waals surface area contributed by atoms with Crippen molar-refractivity contribution in [3.63, 3.8) is 0 Å². The largest absolute Gasteiger partial charge is 0.453 e. The standard InChI is InChI=1S/C14H20Cl2N2O3/c1-14(2,3)17-7-11(19)8-5-9(15)12(10(16)6-8)18-13(20)21-4/h5-6,11,17,19H,7H2,1-4H3,(H,18,20). The van der Waals surface area contributed by atoms with E-state index in [0.717, 1.165) is 0 Å². The van der Waals surface area contributed by atoms with Crippen LogP contribution in [-0.2, 0) is 4.74 Å². The summed E-state index contributed by atoms with van der Waals surface area (Å²) < 4.78 is 4.49. The lowest BCUT2D eigenvalue weighted by Crippen LogP contribution is -2.38. The topological polar surface area (TPSA) is 70.6 Å². The van der Waals surface area contributed by atoms with Crippen LogP contribution in [0.15, 0.2) is 12.1 Å². The van der Waals surface area contributed by atoms with Gasteiger partial charge in [0.2, 0.25) is 0 Å². The number of anilines is 1. The van der Waals surface area contributed by atoms with Crippen molar-refractivity contribution in [1.29, 1.82) is 0 Å². The number of aliphatic hydroxyl groups excluding tert-OH is 1. The minimum absolute atomic E-state index is 0.110. The van der Waals surface area contributed by atoms with E-state index in [-0.39, 0.29) is 21.3 Å². The molecule has 1 atom stereocenters. The summed E-state index contributed by atoms with van der Waals surface area (Å²) in [4.78, 5) is 11.2. The van der Waals surface area contributed by atoms with Crippen LogP contribution in [0.25, 0.3) is 0 Å². The highest BCUT2D eigenvalue weighted by Crippen LogP contribution is 2.34. The number of carbonyl (C=O) groups is 1. The van der Waals surface area contributed by atoms with Crippen molar-refractivity contribution in [3.05, 3.63) is 27.7 Å². The van der Waals surface area contributed by atoms with E-state index in [2.05, 4.69) is 15.4 Å². The maximum absolute atomic E-state index is 11.2. The molecule has 1 rings (SSSR count). The molecule has 1 amide bonds. The molecule has 0 heterocycles. The van der Waals surface area contributed by atoms with Crippen molar-refractivity contribution in [2.45, 2.75) is 32.4 Å². The monoisotopic (exact) mass is 334 g/mol. The van der Waals surface area contributed by atoms with Crippen LogP contribution in [0.1, 0.15) is 32.4 Å². The Balaban J connectivity index is 2.89. The summed E-state index contributed by atoms with van der Waals surface area (Å²) in [6, 6.07) is 3.13. The fraction of sp³-hybridized carbons (Fsp3) is 0.500. The lowest BCUT2D eigenvalue weighted by Gasteiger charge is -2.23. The van der Waals surface area contributed by atoms with Gasteiger partial charge in [-0.3, -0.25) is 5.32 Å². The summed E-state index contributed by atoms with van der Waals surface area (Å²) >= 11 is 12.2. The van der Waals surface area contributed by atoms with E-state index < -0.39 is 12.2 Å². The smallest absolute Gasteiger partial charge is 0.411 e. The Morgan fingerprint density at radius 2 is 1.86 bits per heavy atom. The van der Waals surface area contributed by atoms with Crippen molar-refractivity contribution in [2.24, 2.45) is 0 Å². The van der Waals surface area contributed by atoms with Crippen molar-refractivity contribution in [3.8, 4) is 0 Å². The van der Waals surface area contributed by atoms with E-state index in [1.165, 1.54) is 7.11 Å². The maximum atomic E-state index is 11.2. The molecule has 0 bridgehead atoms. The van der Waals surface area contributed by atoms with Gasteiger partial charge in [0.25, 0.3) is 0 Å². The van der Waals surface area contributed by atoms with Crippen LogP contribution in [0.3, 0.4) is 0 Å². The molecular formula is C14H20Cl2N2O3. The van der Waals surface area contributed by atoms with Crippen molar-refractivity contribution < 1.29 is 14.6 Å². The number of nitrogens with one attached hydrogen (secondary N) is 2. The second kappa shape index (κ2) is 7.31. The van der Waals surface area contributed by atoms with Gasteiger partial charge in [-0.15, -0.1) is 0 Å². The first kappa shape index (κ1) is 18.0. The molecular weight excluding hydrogens is 315 g/mol. The Kier molecular flexibility index (Phi) is 6.28. The molecule has 0 saturated carbocycles. The molecule has 5 nitrogen and oxygen atoms in total. The van der Waals surface area contributed by atoms with E-state index in [9.17, 15) is 9.90 Å². The summed E-state index contributed by atoms with van der Waals surface area (Å²) in [6.07, 6.45) is -1.42. The number of ether oxygens (including phenoxy) is 1. The average Bonchev–Trinajstić information content (AvgIpc) is 2.38. The van der Waals surface area contributed by atoms with E-state index in [1.807, 2.05) is 20.8 Å². The predicted molar refractivity (Wildman–Crippen MR) is 85.2 cm³/mol. The van der Waals surface area contributed by atoms with Gasteiger partial charge in [0.15, 0.2) is 0 Å². The second-order valence-electron chi connectivity index (χ2n) is 5.62. The molecule has 7 heteroatoms. The highest BCUT2D eigenvalue weighted by Gasteiger charge is 2.17. The van der Waals surface area contributed by atoms with Crippen LogP contribution in [0.5, 0.6) is 0 Å². The third kappa shape index (κ3) is 5.71. The predicted octanol–water partition coefficient (Wildman–Crippen LogP) is 3.59. The molecule has 0 fully saturated rings. The van der Waals surface area contributed by atoms with Gasteiger partial charge in [-0.1, -0.05) is 23.2 Å².